The minimum Gasteiger partial charge on any atom is -0.465 e. The van der Waals surface area contributed by atoms with Crippen LogP contribution in [0.5, 0.6) is 0 Å². The Labute approximate surface area is 97.0 Å². The summed E-state index contributed by atoms with van der Waals surface area (Å²) in [7, 11) is 1.89. The van der Waals surface area contributed by atoms with Crippen molar-refractivity contribution in [1.29, 1.82) is 0 Å². The standard InChI is InChI=1S/C13H19NO2/c1-5-16-13(15)9-14(4)12-7-6-10(2)11(3)8-12/h6-8H,5,9H2,1-4H3. The predicted molar refractivity (Wildman–Crippen MR) is 65.8 cm³/mol. The summed E-state index contributed by atoms with van der Waals surface area (Å²) in [6, 6.07) is 6.16. The first kappa shape index (κ1) is 12.6. The molecular formula is C13H19NO2. The molecule has 0 heterocycles. The van der Waals surface area contributed by atoms with E-state index in [0.29, 0.717) is 6.61 Å². The average molecular weight is 221 g/mol. The van der Waals surface area contributed by atoms with Crippen molar-refractivity contribution in [1.82, 2.24) is 0 Å². The van der Waals surface area contributed by atoms with E-state index in [2.05, 4.69) is 26.0 Å². The first-order valence-corrected chi connectivity index (χ1v) is 5.48. The van der Waals surface area contributed by atoms with Crippen LogP contribution >= 0.6 is 0 Å². The smallest absolute Gasteiger partial charge is 0.325 e. The SMILES string of the molecule is CCOC(=O)CN(C)c1ccc(C)c(C)c1. The molecule has 0 radical (unpaired) electrons. The molecule has 3 heteroatoms. The van der Waals surface area contributed by atoms with Gasteiger partial charge in [-0.05, 0) is 44.0 Å². The molecule has 0 unspecified atom stereocenters. The van der Waals surface area contributed by atoms with E-state index in [1.165, 1.54) is 11.1 Å². The average Bonchev–Trinajstić information content (AvgIpc) is 2.22. The van der Waals surface area contributed by atoms with E-state index in [0.717, 1.165) is 5.69 Å². The van der Waals surface area contributed by atoms with Crippen LogP contribution < -0.4 is 4.90 Å². The van der Waals surface area contributed by atoms with Crippen LogP contribution in [0.15, 0.2) is 18.2 Å². The number of rotatable bonds is 4. The van der Waals surface area contributed by atoms with Crippen LogP contribution in [0, 0.1) is 13.8 Å². The molecule has 0 saturated carbocycles. The minimum atomic E-state index is -0.191. The lowest BCUT2D eigenvalue weighted by Crippen LogP contribution is -2.27. The molecule has 0 N–H and O–H groups in total. The third-order valence-corrected chi connectivity index (χ3v) is 2.60. The van der Waals surface area contributed by atoms with Gasteiger partial charge in [-0.15, -0.1) is 0 Å². The Hall–Kier alpha value is -1.51. The molecular weight excluding hydrogens is 202 g/mol. The summed E-state index contributed by atoms with van der Waals surface area (Å²) in [5, 5.41) is 0. The molecule has 1 aromatic rings. The molecule has 0 aliphatic rings. The number of nitrogens with zero attached hydrogens (tertiary/aromatic N) is 1. The van der Waals surface area contributed by atoms with Crippen molar-refractivity contribution in [2.24, 2.45) is 0 Å². The van der Waals surface area contributed by atoms with E-state index in [9.17, 15) is 4.79 Å². The quantitative estimate of drug-likeness (QED) is 0.731. The lowest BCUT2D eigenvalue weighted by Gasteiger charge is -2.19. The summed E-state index contributed by atoms with van der Waals surface area (Å²) in [6.07, 6.45) is 0. The van der Waals surface area contributed by atoms with E-state index in [1.807, 2.05) is 24.9 Å². The van der Waals surface area contributed by atoms with Gasteiger partial charge in [-0.25, -0.2) is 0 Å². The fourth-order valence-corrected chi connectivity index (χ4v) is 1.45. The van der Waals surface area contributed by atoms with E-state index in [1.54, 1.807) is 0 Å². The maximum absolute atomic E-state index is 11.3. The van der Waals surface area contributed by atoms with Crippen molar-refractivity contribution in [3.8, 4) is 0 Å². The van der Waals surface area contributed by atoms with Gasteiger partial charge in [0.25, 0.3) is 0 Å². The zero-order chi connectivity index (χ0) is 12.1. The second-order valence-corrected chi connectivity index (χ2v) is 3.93. The monoisotopic (exact) mass is 221 g/mol. The van der Waals surface area contributed by atoms with E-state index in [4.69, 9.17) is 4.74 Å². The topological polar surface area (TPSA) is 29.5 Å². The first-order valence-electron chi connectivity index (χ1n) is 5.48. The highest BCUT2D eigenvalue weighted by atomic mass is 16.5. The largest absolute Gasteiger partial charge is 0.465 e. The van der Waals surface area contributed by atoms with Gasteiger partial charge in [0.1, 0.15) is 6.54 Å². The lowest BCUT2D eigenvalue weighted by molar-refractivity contribution is -0.141. The van der Waals surface area contributed by atoms with E-state index < -0.39 is 0 Å². The number of anilines is 1. The fraction of sp³-hybridized carbons (Fsp3) is 0.462. The summed E-state index contributed by atoms with van der Waals surface area (Å²) in [4.78, 5) is 13.2. The van der Waals surface area contributed by atoms with Crippen molar-refractivity contribution in [3.05, 3.63) is 29.3 Å². The van der Waals surface area contributed by atoms with Gasteiger partial charge in [-0.2, -0.15) is 0 Å². The number of aryl methyl sites for hydroxylation is 2. The molecule has 0 aliphatic heterocycles. The van der Waals surface area contributed by atoms with Gasteiger partial charge in [-0.3, -0.25) is 4.79 Å². The summed E-state index contributed by atoms with van der Waals surface area (Å²) in [6.45, 7) is 6.67. The maximum atomic E-state index is 11.3. The van der Waals surface area contributed by atoms with Gasteiger partial charge in [-0.1, -0.05) is 6.07 Å². The zero-order valence-corrected chi connectivity index (χ0v) is 10.4. The predicted octanol–water partition coefficient (Wildman–Crippen LogP) is 2.30. The van der Waals surface area contributed by atoms with Crippen molar-refractivity contribution in [2.45, 2.75) is 20.8 Å². The summed E-state index contributed by atoms with van der Waals surface area (Å²) in [5.74, 6) is -0.191. The van der Waals surface area contributed by atoms with E-state index in [-0.39, 0.29) is 12.5 Å². The Morgan fingerprint density at radius 3 is 2.56 bits per heavy atom. The molecule has 16 heavy (non-hydrogen) atoms. The summed E-state index contributed by atoms with van der Waals surface area (Å²) in [5.41, 5.74) is 3.53. The second kappa shape index (κ2) is 5.54. The van der Waals surface area contributed by atoms with Crippen LogP contribution in [0.4, 0.5) is 5.69 Å². The highest BCUT2D eigenvalue weighted by Crippen LogP contribution is 2.17. The molecule has 88 valence electrons. The molecule has 0 amide bonds. The number of esters is 1. The van der Waals surface area contributed by atoms with Crippen molar-refractivity contribution < 1.29 is 9.53 Å². The molecule has 0 bridgehead atoms. The summed E-state index contributed by atoms with van der Waals surface area (Å²) < 4.78 is 4.91. The van der Waals surface area contributed by atoms with Crippen LogP contribution in [0.3, 0.4) is 0 Å². The Bertz CT molecular complexity index is 374. The van der Waals surface area contributed by atoms with Gasteiger partial charge in [0.2, 0.25) is 0 Å². The second-order valence-electron chi connectivity index (χ2n) is 3.93. The number of hydrogen-bond acceptors (Lipinski definition) is 3. The van der Waals surface area contributed by atoms with Crippen LogP contribution in [-0.4, -0.2) is 26.2 Å². The fourth-order valence-electron chi connectivity index (χ4n) is 1.45. The van der Waals surface area contributed by atoms with E-state index >= 15 is 0 Å². The Morgan fingerprint density at radius 2 is 2.00 bits per heavy atom. The molecule has 1 aromatic carbocycles. The van der Waals surface area contributed by atoms with Crippen molar-refractivity contribution >= 4 is 11.7 Å². The van der Waals surface area contributed by atoms with Crippen LogP contribution in [-0.2, 0) is 9.53 Å². The number of ether oxygens (including phenoxy) is 1. The third-order valence-electron chi connectivity index (χ3n) is 2.60. The summed E-state index contributed by atoms with van der Waals surface area (Å²) >= 11 is 0. The Morgan fingerprint density at radius 1 is 1.31 bits per heavy atom. The van der Waals surface area contributed by atoms with Crippen molar-refractivity contribution in [2.75, 3.05) is 25.1 Å². The van der Waals surface area contributed by atoms with Crippen LogP contribution in [0.25, 0.3) is 0 Å². The molecule has 0 fully saturated rings. The molecule has 1 rings (SSSR count). The van der Waals surface area contributed by atoms with Gasteiger partial charge >= 0.3 is 5.97 Å². The lowest BCUT2D eigenvalue weighted by atomic mass is 10.1. The number of benzene rings is 1. The number of hydrogen-bond donors (Lipinski definition) is 0. The molecule has 3 nitrogen and oxygen atoms in total. The molecule has 0 saturated heterocycles. The number of likely N-dealkylation sites (N-methyl/N-ethyl adjacent to an activating group) is 1. The highest BCUT2D eigenvalue weighted by Gasteiger charge is 2.08. The molecule has 0 aromatic heterocycles. The maximum Gasteiger partial charge on any atom is 0.325 e. The Kier molecular flexibility index (Phi) is 4.35. The Balaban J connectivity index is 2.69. The van der Waals surface area contributed by atoms with Crippen LogP contribution in [0.2, 0.25) is 0 Å². The van der Waals surface area contributed by atoms with Crippen LogP contribution in [0.1, 0.15) is 18.1 Å². The highest BCUT2D eigenvalue weighted by molar-refractivity contribution is 5.75. The molecule has 0 spiro atoms. The number of carbonyl (C=O) groups is 1. The third kappa shape index (κ3) is 3.26. The van der Waals surface area contributed by atoms with Gasteiger partial charge < -0.3 is 9.64 Å². The zero-order valence-electron chi connectivity index (χ0n) is 10.4. The van der Waals surface area contributed by atoms with Crippen molar-refractivity contribution in [3.63, 3.8) is 0 Å². The molecule has 0 aliphatic carbocycles. The van der Waals surface area contributed by atoms with Gasteiger partial charge in [0.05, 0.1) is 6.61 Å². The van der Waals surface area contributed by atoms with Gasteiger partial charge in [0.15, 0.2) is 0 Å². The first-order chi connectivity index (χ1) is 7.54. The van der Waals surface area contributed by atoms with Gasteiger partial charge in [0, 0.05) is 12.7 Å². The normalized spacial score (nSPS) is 10.0. The minimum absolute atomic E-state index is 0.191. The molecule has 0 atom stereocenters. The number of carbonyl (C=O) groups excluding carboxylic acids is 1.